The topological polar surface area (TPSA) is 98.5 Å². The minimum atomic E-state index is -3.26. The van der Waals surface area contributed by atoms with E-state index in [-0.39, 0.29) is 10.8 Å². The number of carbonyl (C=O) groups is 1. The summed E-state index contributed by atoms with van der Waals surface area (Å²) >= 11 is 0. The lowest BCUT2D eigenvalue weighted by molar-refractivity contribution is 0.0388. The average Bonchev–Trinajstić information content (AvgIpc) is 2.47. The molecule has 1 aromatic rings. The third kappa shape index (κ3) is 3.81. The maximum atomic E-state index is 12.3. The minimum Gasteiger partial charge on any atom is -0.381 e. The van der Waals surface area contributed by atoms with Gasteiger partial charge < -0.3 is 15.8 Å². The van der Waals surface area contributed by atoms with Gasteiger partial charge >= 0.3 is 0 Å². The summed E-state index contributed by atoms with van der Waals surface area (Å²) in [6.45, 7) is 1.50. The first-order valence-corrected chi connectivity index (χ1v) is 8.66. The molecule has 0 saturated carbocycles. The van der Waals surface area contributed by atoms with Gasteiger partial charge in [-0.15, -0.1) is 0 Å². The van der Waals surface area contributed by atoms with Crippen molar-refractivity contribution < 1.29 is 17.9 Å². The Labute approximate surface area is 124 Å². The van der Waals surface area contributed by atoms with Crippen LogP contribution in [-0.2, 0) is 14.6 Å². The number of ether oxygens (including phenoxy) is 1. The molecule has 1 saturated heterocycles. The van der Waals surface area contributed by atoms with Crippen LogP contribution in [0, 0.1) is 0 Å². The monoisotopic (exact) mass is 312 g/mol. The molecule has 6 nitrogen and oxygen atoms in total. The maximum Gasteiger partial charge on any atom is 0.251 e. The van der Waals surface area contributed by atoms with E-state index in [1.165, 1.54) is 24.3 Å². The number of hydrogen-bond donors (Lipinski definition) is 2. The zero-order valence-corrected chi connectivity index (χ0v) is 12.8. The highest BCUT2D eigenvalue weighted by Crippen LogP contribution is 2.20. The van der Waals surface area contributed by atoms with Crippen molar-refractivity contribution in [3.05, 3.63) is 29.8 Å². The van der Waals surface area contributed by atoms with E-state index in [1.54, 1.807) is 0 Å². The average molecular weight is 312 g/mol. The molecule has 116 valence electrons. The first-order valence-electron chi connectivity index (χ1n) is 6.77. The van der Waals surface area contributed by atoms with Gasteiger partial charge in [-0.2, -0.15) is 0 Å². The van der Waals surface area contributed by atoms with E-state index in [0.717, 1.165) is 6.26 Å². The Morgan fingerprint density at radius 3 is 2.33 bits per heavy atom. The fourth-order valence-corrected chi connectivity index (χ4v) is 2.94. The molecule has 0 aliphatic carbocycles. The Morgan fingerprint density at radius 1 is 1.29 bits per heavy atom. The second kappa shape index (κ2) is 6.13. The Kier molecular flexibility index (Phi) is 4.65. The van der Waals surface area contributed by atoms with E-state index in [1.807, 2.05) is 0 Å². The van der Waals surface area contributed by atoms with Gasteiger partial charge in [-0.3, -0.25) is 4.79 Å². The zero-order chi connectivity index (χ0) is 15.5. The summed E-state index contributed by atoms with van der Waals surface area (Å²) < 4.78 is 28.1. The van der Waals surface area contributed by atoms with Gasteiger partial charge in [0.05, 0.1) is 10.4 Å². The predicted molar refractivity (Wildman–Crippen MR) is 78.9 cm³/mol. The summed E-state index contributed by atoms with van der Waals surface area (Å²) in [4.78, 5) is 12.5. The Balaban J connectivity index is 2.13. The molecule has 21 heavy (non-hydrogen) atoms. The minimum absolute atomic E-state index is 0.193. The summed E-state index contributed by atoms with van der Waals surface area (Å²) in [6.07, 6.45) is 2.49. The molecule has 0 radical (unpaired) electrons. The van der Waals surface area contributed by atoms with E-state index in [0.29, 0.717) is 38.2 Å². The lowest BCUT2D eigenvalue weighted by atomic mass is 9.90. The highest BCUT2D eigenvalue weighted by Gasteiger charge is 2.33. The Morgan fingerprint density at radius 2 is 1.86 bits per heavy atom. The smallest absolute Gasteiger partial charge is 0.251 e. The van der Waals surface area contributed by atoms with E-state index in [4.69, 9.17) is 10.5 Å². The molecule has 1 aliphatic rings. The van der Waals surface area contributed by atoms with Gasteiger partial charge in [0.25, 0.3) is 5.91 Å². The van der Waals surface area contributed by atoms with Crippen molar-refractivity contribution in [2.24, 2.45) is 5.73 Å². The van der Waals surface area contributed by atoms with Crippen LogP contribution in [-0.4, -0.2) is 45.9 Å². The molecule has 0 aromatic heterocycles. The standard InChI is InChI=1S/C14H20N2O4S/c1-21(18,19)12-4-2-11(3-5-12)13(17)16-14(10-15)6-8-20-9-7-14/h2-5H,6-10,15H2,1H3,(H,16,17). The molecule has 0 spiro atoms. The Bertz CT molecular complexity index is 604. The van der Waals surface area contributed by atoms with E-state index >= 15 is 0 Å². The molecule has 0 atom stereocenters. The van der Waals surface area contributed by atoms with Crippen molar-refractivity contribution in [3.8, 4) is 0 Å². The van der Waals surface area contributed by atoms with Crippen LogP contribution in [0.5, 0.6) is 0 Å². The van der Waals surface area contributed by atoms with Crippen LogP contribution in [0.2, 0.25) is 0 Å². The molecular formula is C14H20N2O4S. The molecule has 0 bridgehead atoms. The molecule has 0 unspecified atom stereocenters. The van der Waals surface area contributed by atoms with Crippen LogP contribution in [0.3, 0.4) is 0 Å². The zero-order valence-electron chi connectivity index (χ0n) is 12.0. The SMILES string of the molecule is CS(=O)(=O)c1ccc(C(=O)NC2(CN)CCOCC2)cc1. The number of nitrogens with two attached hydrogens (primary N) is 1. The highest BCUT2D eigenvalue weighted by molar-refractivity contribution is 7.90. The third-order valence-corrected chi connectivity index (χ3v) is 4.89. The van der Waals surface area contributed by atoms with Crippen LogP contribution in [0.25, 0.3) is 0 Å². The van der Waals surface area contributed by atoms with Crippen molar-refractivity contribution in [1.29, 1.82) is 0 Å². The second-order valence-electron chi connectivity index (χ2n) is 5.35. The number of nitrogens with one attached hydrogen (secondary N) is 1. The summed E-state index contributed by atoms with van der Waals surface area (Å²) in [5, 5.41) is 2.96. The van der Waals surface area contributed by atoms with E-state index in [9.17, 15) is 13.2 Å². The van der Waals surface area contributed by atoms with E-state index < -0.39 is 15.4 Å². The summed E-state index contributed by atoms with van der Waals surface area (Å²) in [5.74, 6) is -0.248. The molecule has 2 rings (SSSR count). The lowest BCUT2D eigenvalue weighted by Crippen LogP contribution is -2.56. The fourth-order valence-electron chi connectivity index (χ4n) is 2.31. The molecule has 1 heterocycles. The summed E-state index contributed by atoms with van der Waals surface area (Å²) in [7, 11) is -3.26. The Hall–Kier alpha value is -1.44. The van der Waals surface area contributed by atoms with Crippen molar-refractivity contribution >= 4 is 15.7 Å². The summed E-state index contributed by atoms with van der Waals surface area (Å²) in [6, 6.07) is 5.89. The second-order valence-corrected chi connectivity index (χ2v) is 7.36. The van der Waals surface area contributed by atoms with Gasteiger partial charge in [-0.25, -0.2) is 8.42 Å². The molecule has 3 N–H and O–H groups in total. The number of amides is 1. The van der Waals surface area contributed by atoms with Crippen LogP contribution >= 0.6 is 0 Å². The number of sulfone groups is 1. The summed E-state index contributed by atoms with van der Waals surface area (Å²) in [5.41, 5.74) is 5.77. The number of hydrogen-bond acceptors (Lipinski definition) is 5. The van der Waals surface area contributed by atoms with Gasteiger partial charge in [0.15, 0.2) is 9.84 Å². The van der Waals surface area contributed by atoms with Crippen LogP contribution in [0.4, 0.5) is 0 Å². The number of rotatable bonds is 4. The van der Waals surface area contributed by atoms with Gasteiger partial charge in [0.1, 0.15) is 0 Å². The van der Waals surface area contributed by atoms with E-state index in [2.05, 4.69) is 5.32 Å². The molecule has 1 amide bonds. The van der Waals surface area contributed by atoms with Gasteiger partial charge in [-0.1, -0.05) is 0 Å². The number of carbonyl (C=O) groups excluding carboxylic acids is 1. The van der Waals surface area contributed by atoms with Crippen LogP contribution < -0.4 is 11.1 Å². The highest BCUT2D eigenvalue weighted by atomic mass is 32.2. The first kappa shape index (κ1) is 15.9. The molecular weight excluding hydrogens is 292 g/mol. The van der Waals surface area contributed by atoms with Gasteiger partial charge in [0, 0.05) is 31.6 Å². The van der Waals surface area contributed by atoms with Crippen LogP contribution in [0.15, 0.2) is 29.2 Å². The van der Waals surface area contributed by atoms with Gasteiger partial charge in [0.2, 0.25) is 0 Å². The molecule has 7 heteroatoms. The largest absolute Gasteiger partial charge is 0.381 e. The lowest BCUT2D eigenvalue weighted by Gasteiger charge is -2.36. The number of benzene rings is 1. The molecule has 1 fully saturated rings. The third-order valence-electron chi connectivity index (χ3n) is 3.76. The van der Waals surface area contributed by atoms with Crippen molar-refractivity contribution in [2.75, 3.05) is 26.0 Å². The molecule has 1 aromatic carbocycles. The van der Waals surface area contributed by atoms with Gasteiger partial charge in [-0.05, 0) is 37.1 Å². The van der Waals surface area contributed by atoms with Crippen molar-refractivity contribution in [1.82, 2.24) is 5.32 Å². The fraction of sp³-hybridized carbons (Fsp3) is 0.500. The quantitative estimate of drug-likeness (QED) is 0.834. The van der Waals surface area contributed by atoms with Crippen molar-refractivity contribution in [2.45, 2.75) is 23.3 Å². The van der Waals surface area contributed by atoms with Crippen LogP contribution in [0.1, 0.15) is 23.2 Å². The first-order chi connectivity index (χ1) is 9.86. The maximum absolute atomic E-state index is 12.3. The predicted octanol–water partition coefficient (Wildman–Crippen LogP) is 0.328. The molecule has 1 aliphatic heterocycles. The van der Waals surface area contributed by atoms with Crippen molar-refractivity contribution in [3.63, 3.8) is 0 Å². The normalized spacial score (nSPS) is 18.2.